The standard InChI is InChI=1S/C21H26N4O6S2/c1-22(2)33(30,31)19-8-9-20(26)24(16-19)17-21(27)23-11-13-25(14-12-23)32(28,29)15-10-18-6-4-3-5-7-18/h3-10,15-16H,11-14,17H2,1-2H3/b15-10+. The van der Waals surface area contributed by atoms with Crippen LogP contribution in [-0.4, -0.2) is 81.1 Å². The van der Waals surface area contributed by atoms with Crippen LogP contribution in [0, 0.1) is 0 Å². The van der Waals surface area contributed by atoms with Gasteiger partial charge in [0.25, 0.3) is 5.56 Å². The summed E-state index contributed by atoms with van der Waals surface area (Å²) in [6.45, 7) is 0.244. The average molecular weight is 495 g/mol. The number of piperazine rings is 1. The van der Waals surface area contributed by atoms with Crippen LogP contribution >= 0.6 is 0 Å². The number of benzene rings is 1. The highest BCUT2D eigenvalue weighted by molar-refractivity contribution is 7.92. The highest BCUT2D eigenvalue weighted by Crippen LogP contribution is 2.13. The Hall–Kier alpha value is -2.80. The smallest absolute Gasteiger partial charge is 0.251 e. The maximum Gasteiger partial charge on any atom is 0.251 e. The number of nitrogens with zero attached hydrogens (tertiary/aromatic N) is 4. The molecule has 0 saturated carbocycles. The molecule has 0 N–H and O–H groups in total. The molecule has 1 fully saturated rings. The lowest BCUT2D eigenvalue weighted by molar-refractivity contribution is -0.133. The van der Waals surface area contributed by atoms with E-state index in [1.165, 1.54) is 35.4 Å². The number of aromatic nitrogens is 1. The predicted octanol–water partition coefficient (Wildman–Crippen LogP) is 0.244. The molecule has 12 heteroatoms. The van der Waals surface area contributed by atoms with Crippen LogP contribution < -0.4 is 5.56 Å². The van der Waals surface area contributed by atoms with Crippen molar-refractivity contribution in [3.63, 3.8) is 0 Å². The highest BCUT2D eigenvalue weighted by Gasteiger charge is 2.28. The molecule has 1 amide bonds. The van der Waals surface area contributed by atoms with Crippen molar-refractivity contribution >= 4 is 32.0 Å². The molecule has 1 saturated heterocycles. The molecule has 3 rings (SSSR count). The predicted molar refractivity (Wildman–Crippen MR) is 124 cm³/mol. The molecule has 33 heavy (non-hydrogen) atoms. The minimum absolute atomic E-state index is 0.0963. The van der Waals surface area contributed by atoms with Crippen molar-refractivity contribution in [2.75, 3.05) is 40.3 Å². The summed E-state index contributed by atoms with van der Waals surface area (Å²) < 4.78 is 53.1. The van der Waals surface area contributed by atoms with Crippen LogP contribution in [0.4, 0.5) is 0 Å². The summed E-state index contributed by atoms with van der Waals surface area (Å²) in [5, 5.41) is 1.15. The molecular formula is C21H26N4O6S2. The van der Waals surface area contributed by atoms with Crippen molar-refractivity contribution in [2.24, 2.45) is 0 Å². The molecule has 0 spiro atoms. The number of rotatable bonds is 7. The van der Waals surface area contributed by atoms with Crippen LogP contribution in [0.15, 0.2) is 63.8 Å². The van der Waals surface area contributed by atoms with E-state index in [1.54, 1.807) is 12.1 Å². The Morgan fingerprint density at radius 1 is 0.970 bits per heavy atom. The van der Waals surface area contributed by atoms with Crippen molar-refractivity contribution in [3.8, 4) is 0 Å². The van der Waals surface area contributed by atoms with E-state index in [0.29, 0.717) is 0 Å². The second-order valence-corrected chi connectivity index (χ2v) is 11.6. The summed E-state index contributed by atoms with van der Waals surface area (Å²) in [5.41, 5.74) is 0.257. The van der Waals surface area contributed by atoms with Gasteiger partial charge in [-0.3, -0.25) is 9.59 Å². The second-order valence-electron chi connectivity index (χ2n) is 7.66. The lowest BCUT2D eigenvalue weighted by atomic mass is 10.2. The van der Waals surface area contributed by atoms with Crippen molar-refractivity contribution in [1.29, 1.82) is 0 Å². The van der Waals surface area contributed by atoms with Crippen molar-refractivity contribution in [1.82, 2.24) is 18.1 Å². The van der Waals surface area contributed by atoms with Gasteiger partial charge in [0.15, 0.2) is 0 Å². The number of sulfonamides is 2. The van der Waals surface area contributed by atoms with Crippen LogP contribution in [0.3, 0.4) is 0 Å². The Morgan fingerprint density at radius 2 is 1.61 bits per heavy atom. The SMILES string of the molecule is CN(C)S(=O)(=O)c1ccc(=O)n(CC(=O)N2CCN(S(=O)(=O)/C=C/c3ccccc3)CC2)c1. The van der Waals surface area contributed by atoms with Gasteiger partial charge in [0.2, 0.25) is 26.0 Å². The Morgan fingerprint density at radius 3 is 2.21 bits per heavy atom. The zero-order chi connectivity index (χ0) is 24.2. The molecular weight excluding hydrogens is 468 g/mol. The molecule has 0 atom stereocenters. The molecule has 2 heterocycles. The van der Waals surface area contributed by atoms with Gasteiger partial charge in [0.1, 0.15) is 6.54 Å². The van der Waals surface area contributed by atoms with E-state index in [9.17, 15) is 26.4 Å². The van der Waals surface area contributed by atoms with Crippen molar-refractivity contribution < 1.29 is 21.6 Å². The van der Waals surface area contributed by atoms with Crippen LogP contribution in [0.2, 0.25) is 0 Å². The number of hydrogen-bond donors (Lipinski definition) is 0. The molecule has 1 aromatic heterocycles. The van der Waals surface area contributed by atoms with Crippen molar-refractivity contribution in [3.05, 3.63) is 70.0 Å². The van der Waals surface area contributed by atoms with E-state index in [0.717, 1.165) is 32.1 Å². The summed E-state index contributed by atoms with van der Waals surface area (Å²) in [5.74, 6) is -0.395. The quantitative estimate of drug-likeness (QED) is 0.545. The topological polar surface area (TPSA) is 117 Å². The largest absolute Gasteiger partial charge is 0.339 e. The Labute approximate surface area is 193 Å². The minimum Gasteiger partial charge on any atom is -0.339 e. The van der Waals surface area contributed by atoms with Crippen LogP contribution in [-0.2, 0) is 31.4 Å². The monoisotopic (exact) mass is 494 g/mol. The summed E-state index contributed by atoms with van der Waals surface area (Å²) in [7, 11) is -4.65. The van der Waals surface area contributed by atoms with Crippen LogP contribution in [0.1, 0.15) is 5.56 Å². The first-order valence-electron chi connectivity index (χ1n) is 10.1. The fraction of sp³-hybridized carbons (Fsp3) is 0.333. The van der Waals surface area contributed by atoms with Gasteiger partial charge in [-0.2, -0.15) is 4.31 Å². The minimum atomic E-state index is -3.76. The molecule has 10 nitrogen and oxygen atoms in total. The molecule has 178 valence electrons. The van der Waals surface area contributed by atoms with E-state index in [4.69, 9.17) is 0 Å². The Balaban J connectivity index is 1.64. The van der Waals surface area contributed by atoms with Gasteiger partial charge in [0, 0.05) is 57.9 Å². The normalized spacial score (nSPS) is 15.9. The molecule has 0 radical (unpaired) electrons. The fourth-order valence-corrected chi connectivity index (χ4v) is 5.34. The highest BCUT2D eigenvalue weighted by atomic mass is 32.2. The summed E-state index contributed by atoms with van der Waals surface area (Å²) in [4.78, 5) is 26.2. The summed E-state index contributed by atoms with van der Waals surface area (Å²) >= 11 is 0. The second kappa shape index (κ2) is 10.00. The summed E-state index contributed by atoms with van der Waals surface area (Å²) in [6, 6.07) is 11.4. The van der Waals surface area contributed by atoms with Crippen molar-refractivity contribution in [2.45, 2.75) is 11.4 Å². The van der Waals surface area contributed by atoms with Gasteiger partial charge in [-0.1, -0.05) is 30.3 Å². The van der Waals surface area contributed by atoms with E-state index in [1.807, 2.05) is 18.2 Å². The van der Waals surface area contributed by atoms with E-state index in [-0.39, 0.29) is 37.6 Å². The maximum absolute atomic E-state index is 12.7. The van der Waals surface area contributed by atoms with E-state index >= 15 is 0 Å². The van der Waals surface area contributed by atoms with Gasteiger partial charge < -0.3 is 9.47 Å². The van der Waals surface area contributed by atoms with Gasteiger partial charge in [0.05, 0.1) is 4.90 Å². The van der Waals surface area contributed by atoms with Crippen LogP contribution in [0.5, 0.6) is 0 Å². The Bertz CT molecular complexity index is 1290. The zero-order valence-electron chi connectivity index (χ0n) is 18.4. The molecule has 1 aliphatic rings. The molecule has 0 bridgehead atoms. The molecule has 2 aromatic rings. The van der Waals surface area contributed by atoms with Gasteiger partial charge in [-0.05, 0) is 17.7 Å². The maximum atomic E-state index is 12.7. The first-order chi connectivity index (χ1) is 15.5. The van der Waals surface area contributed by atoms with Gasteiger partial charge in [-0.15, -0.1) is 0 Å². The molecule has 1 aromatic carbocycles. The third-order valence-electron chi connectivity index (χ3n) is 5.22. The number of amides is 1. The summed E-state index contributed by atoms with van der Waals surface area (Å²) in [6.07, 6.45) is 2.67. The van der Waals surface area contributed by atoms with E-state index < -0.39 is 31.5 Å². The number of carbonyl (C=O) groups is 1. The Kier molecular flexibility index (Phi) is 7.52. The first kappa shape index (κ1) is 24.8. The lowest BCUT2D eigenvalue weighted by Gasteiger charge is -2.33. The molecule has 1 aliphatic heterocycles. The van der Waals surface area contributed by atoms with Crippen LogP contribution in [0.25, 0.3) is 6.08 Å². The van der Waals surface area contributed by atoms with Gasteiger partial charge in [-0.25, -0.2) is 21.1 Å². The number of hydrogen-bond acceptors (Lipinski definition) is 6. The molecule has 0 unspecified atom stereocenters. The number of carbonyl (C=O) groups excluding carboxylic acids is 1. The number of pyridine rings is 1. The van der Waals surface area contributed by atoms with Gasteiger partial charge >= 0.3 is 0 Å². The average Bonchev–Trinajstić information content (AvgIpc) is 2.79. The molecule has 0 aliphatic carbocycles. The van der Waals surface area contributed by atoms with E-state index in [2.05, 4.69) is 0 Å². The first-order valence-corrected chi connectivity index (χ1v) is 13.1. The fourth-order valence-electron chi connectivity index (χ4n) is 3.25. The third kappa shape index (κ3) is 5.96. The lowest BCUT2D eigenvalue weighted by Crippen LogP contribution is -2.51. The zero-order valence-corrected chi connectivity index (χ0v) is 20.0. The third-order valence-corrected chi connectivity index (χ3v) is 8.59.